The third-order valence-electron chi connectivity index (χ3n) is 5.37. The fourth-order valence-electron chi connectivity index (χ4n) is 3.70. The van der Waals surface area contributed by atoms with Crippen molar-refractivity contribution < 1.29 is 32.0 Å². The van der Waals surface area contributed by atoms with Crippen molar-refractivity contribution in [1.29, 1.82) is 0 Å². The van der Waals surface area contributed by atoms with Crippen LogP contribution in [-0.2, 0) is 15.8 Å². The smallest absolute Gasteiger partial charge is 0.415 e. The van der Waals surface area contributed by atoms with Gasteiger partial charge in [0.05, 0.1) is 30.6 Å². The number of anilines is 1. The Labute approximate surface area is 228 Å². The van der Waals surface area contributed by atoms with Gasteiger partial charge in [-0.2, -0.15) is 13.2 Å². The van der Waals surface area contributed by atoms with Crippen LogP contribution < -0.4 is 14.9 Å². The Kier molecular flexibility index (Phi) is 8.64. The number of hydrogen-bond donors (Lipinski definition) is 0. The van der Waals surface area contributed by atoms with Crippen LogP contribution in [0.1, 0.15) is 26.5 Å². The molecule has 0 saturated heterocycles. The maximum absolute atomic E-state index is 13.4. The summed E-state index contributed by atoms with van der Waals surface area (Å²) >= 11 is 3.38. The Balaban J connectivity index is 2.08. The molecule has 3 rings (SSSR count). The fraction of sp³-hybridized carbons (Fsp3) is 0.370. The molecule has 0 aliphatic rings. The van der Waals surface area contributed by atoms with Gasteiger partial charge in [0.25, 0.3) is 0 Å². The second-order valence-electron chi connectivity index (χ2n) is 9.98. The van der Waals surface area contributed by atoms with Gasteiger partial charge < -0.3 is 18.6 Å². The molecule has 0 aliphatic heterocycles. The van der Waals surface area contributed by atoms with Gasteiger partial charge in [0, 0.05) is 15.2 Å². The van der Waals surface area contributed by atoms with Crippen LogP contribution in [0.2, 0.25) is 0 Å². The first-order valence-electron chi connectivity index (χ1n) is 11.6. The van der Waals surface area contributed by atoms with Crippen LogP contribution in [0, 0.1) is 11.8 Å². The van der Waals surface area contributed by atoms with E-state index < -0.39 is 31.6 Å². The molecule has 0 fully saturated rings. The molecule has 1 aromatic heterocycles. The number of carbonyl (C=O) groups excluding carboxylic acids is 1. The van der Waals surface area contributed by atoms with Crippen LogP contribution in [0.25, 0.3) is 10.9 Å². The summed E-state index contributed by atoms with van der Waals surface area (Å²) in [7, 11) is -1.19. The van der Waals surface area contributed by atoms with Gasteiger partial charge in [-0.25, -0.2) is 4.79 Å². The summed E-state index contributed by atoms with van der Waals surface area (Å²) in [5.74, 6) is 5.92. The zero-order chi connectivity index (χ0) is 28.5. The molecular weight excluding hydrogens is 584 g/mol. The molecule has 0 N–H and O–H groups in total. The molecule has 0 saturated carbocycles. The van der Waals surface area contributed by atoms with E-state index >= 15 is 0 Å². The minimum Gasteiger partial charge on any atom is -0.495 e. The average Bonchev–Trinajstić information content (AvgIpc) is 3.11. The molecule has 1 heterocycles. The normalized spacial score (nSPS) is 12.2. The Morgan fingerprint density at radius 3 is 2.39 bits per heavy atom. The van der Waals surface area contributed by atoms with Crippen LogP contribution in [0.5, 0.6) is 5.75 Å². The predicted octanol–water partition coefficient (Wildman–Crippen LogP) is 7.02. The highest BCUT2D eigenvalue weighted by molar-refractivity contribution is 9.10. The van der Waals surface area contributed by atoms with Crippen molar-refractivity contribution in [3.8, 4) is 17.6 Å². The highest BCUT2D eigenvalue weighted by atomic mass is 79.9. The van der Waals surface area contributed by atoms with Crippen molar-refractivity contribution in [2.24, 2.45) is 0 Å². The number of rotatable bonds is 5. The molecule has 11 heteroatoms. The molecule has 204 valence electrons. The minimum absolute atomic E-state index is 0.147. The predicted molar refractivity (Wildman–Crippen MR) is 148 cm³/mol. The second kappa shape index (κ2) is 11.1. The van der Waals surface area contributed by atoms with Gasteiger partial charge in [-0.1, -0.05) is 27.9 Å². The lowest BCUT2D eigenvalue weighted by molar-refractivity contribution is -0.140. The van der Waals surface area contributed by atoms with E-state index in [-0.39, 0.29) is 18.0 Å². The Hall–Kier alpha value is -2.89. The summed E-state index contributed by atoms with van der Waals surface area (Å²) in [5.41, 5.74) is 0.0374. The molecule has 3 aromatic rings. The summed E-state index contributed by atoms with van der Waals surface area (Å²) < 4.78 is 65.5. The van der Waals surface area contributed by atoms with Gasteiger partial charge in [-0.05, 0) is 76.4 Å². The summed E-state index contributed by atoms with van der Waals surface area (Å²) in [4.78, 5) is 14.4. The van der Waals surface area contributed by atoms with E-state index in [0.717, 1.165) is 4.57 Å². The van der Waals surface area contributed by atoms with Crippen molar-refractivity contribution in [3.63, 3.8) is 0 Å². The monoisotopic (exact) mass is 612 g/mol. The zero-order valence-electron chi connectivity index (χ0n) is 21.9. The molecule has 38 heavy (non-hydrogen) atoms. The number of halogens is 4. The van der Waals surface area contributed by atoms with Gasteiger partial charge in [0.2, 0.25) is 0 Å². The molecule has 0 aliphatic carbocycles. The molecule has 6 nitrogen and oxygen atoms in total. The fourth-order valence-corrected chi connectivity index (χ4v) is 5.03. The van der Waals surface area contributed by atoms with Gasteiger partial charge in [-0.3, -0.25) is 4.90 Å². The minimum atomic E-state index is -4.46. The highest BCUT2D eigenvalue weighted by Gasteiger charge is 2.30. The van der Waals surface area contributed by atoms with Gasteiger partial charge in [-0.15, -0.1) is 0 Å². The van der Waals surface area contributed by atoms with Crippen LogP contribution in [0.3, 0.4) is 0 Å². The summed E-state index contributed by atoms with van der Waals surface area (Å²) in [6.45, 7) is 6.98. The topological polar surface area (TPSA) is 60.8 Å². The van der Waals surface area contributed by atoms with Gasteiger partial charge in [0.15, 0.2) is 0 Å². The number of carbonyl (C=O) groups is 1. The number of nitrogens with zero attached hydrogens (tertiary/aromatic N) is 2. The van der Waals surface area contributed by atoms with E-state index in [9.17, 15) is 22.5 Å². The number of methoxy groups -OCH3 is 1. The van der Waals surface area contributed by atoms with E-state index in [4.69, 9.17) is 9.47 Å². The molecule has 0 bridgehead atoms. The quantitative estimate of drug-likeness (QED) is 0.230. The van der Waals surface area contributed by atoms with Crippen LogP contribution in [0.15, 0.2) is 46.9 Å². The van der Waals surface area contributed by atoms with E-state index in [1.54, 1.807) is 76.6 Å². The van der Waals surface area contributed by atoms with Crippen LogP contribution >= 0.6 is 23.1 Å². The lowest BCUT2D eigenvalue weighted by Gasteiger charge is -2.27. The van der Waals surface area contributed by atoms with Gasteiger partial charge >= 0.3 is 12.3 Å². The maximum atomic E-state index is 13.4. The number of ether oxygens (including phenoxy) is 2. The highest BCUT2D eigenvalue weighted by Crippen LogP contribution is 2.38. The SMILES string of the molecule is COc1cc(P(C)(C)=O)ccc1N(CC#Cc1cc2c(Br)cccc2n1CC(F)(F)F)C(=O)OC(C)(C)C. The molecule has 0 radical (unpaired) electrons. The number of aromatic nitrogens is 1. The second-order valence-corrected chi connectivity index (χ2v) is 14.1. The molecule has 0 spiro atoms. The number of alkyl halides is 3. The van der Waals surface area contributed by atoms with Crippen molar-refractivity contribution in [3.05, 3.63) is 52.6 Å². The van der Waals surface area contributed by atoms with E-state index in [0.29, 0.717) is 26.4 Å². The third kappa shape index (κ3) is 7.36. The average molecular weight is 613 g/mol. The van der Waals surface area contributed by atoms with Crippen LogP contribution in [-0.4, -0.2) is 49.4 Å². The molecule has 0 unspecified atom stereocenters. The van der Waals surface area contributed by atoms with Crippen molar-refractivity contribution >= 4 is 51.1 Å². The molecular formula is C27H29BrF3N2O4P. The van der Waals surface area contributed by atoms with Crippen molar-refractivity contribution in [2.75, 3.05) is 31.9 Å². The van der Waals surface area contributed by atoms with E-state index in [1.165, 1.54) is 12.0 Å². The summed E-state index contributed by atoms with van der Waals surface area (Å²) in [6.07, 6.45) is -5.17. The third-order valence-corrected chi connectivity index (χ3v) is 7.59. The van der Waals surface area contributed by atoms with E-state index in [1.807, 2.05) is 0 Å². The maximum Gasteiger partial charge on any atom is 0.415 e. The van der Waals surface area contributed by atoms with Crippen molar-refractivity contribution in [2.45, 2.75) is 39.1 Å². The molecule has 1 amide bonds. The number of hydrogen-bond acceptors (Lipinski definition) is 4. The largest absolute Gasteiger partial charge is 0.495 e. The zero-order valence-corrected chi connectivity index (χ0v) is 24.4. The van der Waals surface area contributed by atoms with Crippen LogP contribution in [0.4, 0.5) is 23.7 Å². The molecule has 2 aromatic carbocycles. The lowest BCUT2D eigenvalue weighted by Crippen LogP contribution is -2.37. The first kappa shape index (κ1) is 29.7. The van der Waals surface area contributed by atoms with Crippen molar-refractivity contribution in [1.82, 2.24) is 4.57 Å². The number of benzene rings is 2. The number of fused-ring (bicyclic) bond motifs is 1. The molecule has 0 atom stereocenters. The van der Waals surface area contributed by atoms with E-state index in [2.05, 4.69) is 27.8 Å². The first-order valence-corrected chi connectivity index (χ1v) is 15.0. The standard InChI is InChI=1S/C27H29BrF3N2O4P/c1-26(2,3)37-25(34)32(23-13-12-19(38(5,6)35)16-24(23)36-4)14-8-9-18-15-20-21(28)10-7-11-22(20)33(18)17-27(29,30)31/h7,10-13,15-16H,14,17H2,1-6H3. The first-order chi connectivity index (χ1) is 17.5. The van der Waals surface area contributed by atoms with Gasteiger partial charge in [0.1, 0.15) is 25.0 Å². The Morgan fingerprint density at radius 1 is 1.13 bits per heavy atom. The lowest BCUT2D eigenvalue weighted by atomic mass is 10.2. The Morgan fingerprint density at radius 2 is 1.82 bits per heavy atom. The number of amides is 1. The summed E-state index contributed by atoms with van der Waals surface area (Å²) in [6, 6.07) is 11.4. The summed E-state index contributed by atoms with van der Waals surface area (Å²) in [5, 5.41) is 1.15. The Bertz CT molecular complexity index is 1460.